The summed E-state index contributed by atoms with van der Waals surface area (Å²) in [4.78, 5) is 38.2. The Morgan fingerprint density at radius 1 is 0.871 bits per heavy atom. The standard InChI is InChI=1S/C24H17FN2O4/c25-18-10-6-17(7-11-18)15-31-20-12-8-16(9-13-20)14-21-22(28)26-24(30)27(23(21)29)19-4-2-1-3-5-19/h1-14H,15H2,(H,26,28,30). The van der Waals surface area contributed by atoms with E-state index in [2.05, 4.69) is 5.32 Å². The number of hydrogen-bond acceptors (Lipinski definition) is 4. The maximum absolute atomic E-state index is 13.0. The monoisotopic (exact) mass is 416 g/mol. The molecule has 3 aromatic rings. The van der Waals surface area contributed by atoms with Crippen molar-refractivity contribution in [3.8, 4) is 5.75 Å². The first-order chi connectivity index (χ1) is 15.0. The smallest absolute Gasteiger partial charge is 0.335 e. The molecule has 7 heteroatoms. The van der Waals surface area contributed by atoms with Crippen LogP contribution >= 0.6 is 0 Å². The van der Waals surface area contributed by atoms with Gasteiger partial charge in [0, 0.05) is 0 Å². The van der Waals surface area contributed by atoms with E-state index < -0.39 is 17.8 Å². The summed E-state index contributed by atoms with van der Waals surface area (Å²) >= 11 is 0. The number of halogens is 1. The highest BCUT2D eigenvalue weighted by atomic mass is 19.1. The second-order valence-corrected chi connectivity index (χ2v) is 6.78. The van der Waals surface area contributed by atoms with Crippen LogP contribution in [0.1, 0.15) is 11.1 Å². The number of nitrogens with zero attached hydrogens (tertiary/aromatic N) is 1. The van der Waals surface area contributed by atoms with Crippen LogP contribution in [-0.4, -0.2) is 17.8 Å². The molecule has 6 nitrogen and oxygen atoms in total. The van der Waals surface area contributed by atoms with Crippen LogP contribution in [0.3, 0.4) is 0 Å². The number of rotatable bonds is 5. The van der Waals surface area contributed by atoms with Crippen molar-refractivity contribution in [1.82, 2.24) is 5.32 Å². The van der Waals surface area contributed by atoms with E-state index in [0.29, 0.717) is 17.0 Å². The number of barbiturate groups is 1. The number of ether oxygens (including phenoxy) is 1. The molecule has 154 valence electrons. The first kappa shape index (κ1) is 20.0. The molecule has 3 aromatic carbocycles. The van der Waals surface area contributed by atoms with Crippen LogP contribution < -0.4 is 15.0 Å². The molecule has 1 aliphatic heterocycles. The van der Waals surface area contributed by atoms with Gasteiger partial charge in [-0.05, 0) is 53.6 Å². The average molecular weight is 416 g/mol. The number of anilines is 1. The fourth-order valence-corrected chi connectivity index (χ4v) is 3.04. The maximum Gasteiger partial charge on any atom is 0.335 e. The molecule has 0 spiro atoms. The summed E-state index contributed by atoms with van der Waals surface area (Å²) in [6.45, 7) is 0.274. The lowest BCUT2D eigenvalue weighted by Gasteiger charge is -2.26. The Morgan fingerprint density at radius 2 is 1.55 bits per heavy atom. The highest BCUT2D eigenvalue weighted by Crippen LogP contribution is 2.22. The molecule has 0 bridgehead atoms. The Balaban J connectivity index is 1.50. The molecule has 1 N–H and O–H groups in total. The summed E-state index contributed by atoms with van der Waals surface area (Å²) in [7, 11) is 0. The van der Waals surface area contributed by atoms with E-state index in [1.807, 2.05) is 0 Å². The minimum atomic E-state index is -0.789. The third-order valence-electron chi connectivity index (χ3n) is 4.63. The summed E-state index contributed by atoms with van der Waals surface area (Å²) < 4.78 is 18.6. The van der Waals surface area contributed by atoms with Gasteiger partial charge in [0.25, 0.3) is 11.8 Å². The average Bonchev–Trinajstić information content (AvgIpc) is 2.78. The maximum atomic E-state index is 13.0. The minimum Gasteiger partial charge on any atom is -0.489 e. The van der Waals surface area contributed by atoms with E-state index in [9.17, 15) is 18.8 Å². The van der Waals surface area contributed by atoms with E-state index in [-0.39, 0.29) is 18.0 Å². The summed E-state index contributed by atoms with van der Waals surface area (Å²) in [5, 5.41) is 2.19. The normalized spacial score (nSPS) is 15.2. The first-order valence-corrected chi connectivity index (χ1v) is 9.45. The fraction of sp³-hybridized carbons (Fsp3) is 0.0417. The van der Waals surface area contributed by atoms with Gasteiger partial charge in [0.15, 0.2) is 0 Å². The molecule has 0 aliphatic carbocycles. The van der Waals surface area contributed by atoms with Gasteiger partial charge in [0.2, 0.25) is 0 Å². The number of carbonyl (C=O) groups excluding carboxylic acids is 3. The molecule has 0 radical (unpaired) electrons. The molecule has 31 heavy (non-hydrogen) atoms. The second kappa shape index (κ2) is 8.62. The van der Waals surface area contributed by atoms with Gasteiger partial charge in [-0.2, -0.15) is 0 Å². The van der Waals surface area contributed by atoms with E-state index in [1.54, 1.807) is 66.7 Å². The van der Waals surface area contributed by atoms with Crippen LogP contribution in [0.25, 0.3) is 6.08 Å². The van der Waals surface area contributed by atoms with Crippen molar-refractivity contribution < 1.29 is 23.5 Å². The lowest BCUT2D eigenvalue weighted by atomic mass is 10.1. The third kappa shape index (κ3) is 4.51. The minimum absolute atomic E-state index is 0.150. The molecule has 1 saturated heterocycles. The van der Waals surface area contributed by atoms with Gasteiger partial charge in [0.1, 0.15) is 23.7 Å². The van der Waals surface area contributed by atoms with Gasteiger partial charge in [-0.3, -0.25) is 14.9 Å². The fourth-order valence-electron chi connectivity index (χ4n) is 3.04. The van der Waals surface area contributed by atoms with Crippen LogP contribution in [-0.2, 0) is 16.2 Å². The topological polar surface area (TPSA) is 75.7 Å². The number of para-hydroxylation sites is 1. The van der Waals surface area contributed by atoms with Crippen molar-refractivity contribution in [2.75, 3.05) is 4.90 Å². The van der Waals surface area contributed by atoms with Crippen LogP contribution in [0.15, 0.2) is 84.4 Å². The number of amides is 4. The molecule has 0 unspecified atom stereocenters. The van der Waals surface area contributed by atoms with Crippen LogP contribution in [0, 0.1) is 5.82 Å². The quantitative estimate of drug-likeness (QED) is 0.503. The van der Waals surface area contributed by atoms with Gasteiger partial charge in [-0.25, -0.2) is 14.1 Å². The highest BCUT2D eigenvalue weighted by Gasteiger charge is 2.36. The number of imide groups is 2. The highest BCUT2D eigenvalue weighted by molar-refractivity contribution is 6.39. The Hall–Kier alpha value is -4.26. The Morgan fingerprint density at radius 3 is 2.23 bits per heavy atom. The molecule has 4 amide bonds. The van der Waals surface area contributed by atoms with Crippen LogP contribution in [0.2, 0.25) is 0 Å². The summed E-state index contributed by atoms with van der Waals surface area (Å²) in [6, 6.07) is 20.4. The Labute approximate surface area is 177 Å². The SMILES string of the molecule is O=C1NC(=O)N(c2ccccc2)C(=O)C1=Cc1ccc(OCc2ccc(F)cc2)cc1. The molecule has 4 rings (SSSR count). The number of nitrogens with one attached hydrogen (secondary N) is 1. The van der Waals surface area contributed by atoms with Gasteiger partial charge in [0.05, 0.1) is 5.69 Å². The number of urea groups is 1. The zero-order chi connectivity index (χ0) is 21.8. The van der Waals surface area contributed by atoms with E-state index >= 15 is 0 Å². The van der Waals surface area contributed by atoms with Crippen LogP contribution in [0.5, 0.6) is 5.75 Å². The summed E-state index contributed by atoms with van der Waals surface area (Å²) in [5.74, 6) is -1.18. The first-order valence-electron chi connectivity index (χ1n) is 9.45. The van der Waals surface area contributed by atoms with Crippen molar-refractivity contribution in [1.29, 1.82) is 0 Å². The zero-order valence-electron chi connectivity index (χ0n) is 16.2. The lowest BCUT2D eigenvalue weighted by molar-refractivity contribution is -0.122. The van der Waals surface area contributed by atoms with Gasteiger partial charge in [-0.1, -0.05) is 42.5 Å². The molecular formula is C24H17FN2O4. The zero-order valence-corrected chi connectivity index (χ0v) is 16.2. The predicted molar refractivity (Wildman–Crippen MR) is 113 cm³/mol. The van der Waals surface area contributed by atoms with Crippen molar-refractivity contribution in [3.05, 3.63) is 101 Å². The number of hydrogen-bond donors (Lipinski definition) is 1. The van der Waals surface area contributed by atoms with Crippen LogP contribution in [0.4, 0.5) is 14.9 Å². The number of benzene rings is 3. The molecule has 0 saturated carbocycles. The van der Waals surface area contributed by atoms with Gasteiger partial charge >= 0.3 is 6.03 Å². The summed E-state index contributed by atoms with van der Waals surface area (Å²) in [6.07, 6.45) is 1.42. The molecular weight excluding hydrogens is 399 g/mol. The largest absolute Gasteiger partial charge is 0.489 e. The van der Waals surface area contributed by atoms with Crippen molar-refractivity contribution in [3.63, 3.8) is 0 Å². The second-order valence-electron chi connectivity index (χ2n) is 6.78. The van der Waals surface area contributed by atoms with E-state index in [0.717, 1.165) is 10.5 Å². The number of carbonyl (C=O) groups is 3. The predicted octanol–water partition coefficient (Wildman–Crippen LogP) is 4.07. The van der Waals surface area contributed by atoms with E-state index in [4.69, 9.17) is 4.74 Å². The molecule has 0 aromatic heterocycles. The third-order valence-corrected chi connectivity index (χ3v) is 4.63. The molecule has 1 heterocycles. The molecule has 1 fully saturated rings. The molecule has 1 aliphatic rings. The van der Waals surface area contributed by atoms with Crippen molar-refractivity contribution in [2.45, 2.75) is 6.61 Å². The van der Waals surface area contributed by atoms with Gasteiger partial charge < -0.3 is 4.74 Å². The van der Waals surface area contributed by atoms with E-state index in [1.165, 1.54) is 18.2 Å². The lowest BCUT2D eigenvalue weighted by Crippen LogP contribution is -2.54. The summed E-state index contributed by atoms with van der Waals surface area (Å²) in [5.41, 5.74) is 1.63. The Kier molecular flexibility index (Phi) is 5.57. The van der Waals surface area contributed by atoms with Crippen molar-refractivity contribution in [2.24, 2.45) is 0 Å². The molecule has 0 atom stereocenters. The Bertz CT molecular complexity index is 1160. The van der Waals surface area contributed by atoms with Crippen molar-refractivity contribution >= 4 is 29.6 Å². The van der Waals surface area contributed by atoms with Gasteiger partial charge in [-0.15, -0.1) is 0 Å².